The summed E-state index contributed by atoms with van der Waals surface area (Å²) in [5, 5.41) is 14.6. The maximum absolute atomic E-state index is 11.9. The molecule has 0 unspecified atom stereocenters. The van der Waals surface area contributed by atoms with Crippen molar-refractivity contribution in [1.82, 2.24) is 24.8 Å². The summed E-state index contributed by atoms with van der Waals surface area (Å²) in [5.41, 5.74) is 0.676. The van der Waals surface area contributed by atoms with Crippen molar-refractivity contribution in [3.05, 3.63) is 40.3 Å². The summed E-state index contributed by atoms with van der Waals surface area (Å²) in [6.45, 7) is 3.27. The van der Waals surface area contributed by atoms with E-state index in [0.29, 0.717) is 36.9 Å². The van der Waals surface area contributed by atoms with Crippen LogP contribution in [0, 0.1) is 10.1 Å². The minimum absolute atomic E-state index is 0.0163. The molecule has 0 radical (unpaired) electrons. The molecule has 1 aromatic carbocycles. The van der Waals surface area contributed by atoms with Crippen LogP contribution in [0.4, 0.5) is 10.5 Å². The molecule has 2 aromatic rings. The third kappa shape index (κ3) is 3.97. The molecule has 10 nitrogen and oxygen atoms in total. The second kappa shape index (κ2) is 7.48. The SMILES string of the molecule is CN(C)C(=O)N1CCN(Cc2nc(-c3ccc([N+](=O)[O-])cc3)no2)CC1. The Labute approximate surface area is 150 Å². The molecule has 1 aliphatic rings. The molecule has 0 spiro atoms. The van der Waals surface area contributed by atoms with Gasteiger partial charge in [-0.25, -0.2) is 4.79 Å². The summed E-state index contributed by atoms with van der Waals surface area (Å²) in [7, 11) is 3.49. The zero-order valence-corrected chi connectivity index (χ0v) is 14.7. The van der Waals surface area contributed by atoms with E-state index in [0.717, 1.165) is 13.1 Å². The number of rotatable bonds is 4. The van der Waals surface area contributed by atoms with Crippen LogP contribution in [-0.2, 0) is 6.54 Å². The Morgan fingerprint density at radius 2 is 1.88 bits per heavy atom. The Morgan fingerprint density at radius 3 is 2.46 bits per heavy atom. The number of piperazine rings is 1. The molecule has 26 heavy (non-hydrogen) atoms. The maximum Gasteiger partial charge on any atom is 0.319 e. The lowest BCUT2D eigenvalue weighted by atomic mass is 10.2. The highest BCUT2D eigenvalue weighted by atomic mass is 16.6. The smallest absolute Gasteiger partial charge is 0.319 e. The Kier molecular flexibility index (Phi) is 5.12. The zero-order chi connectivity index (χ0) is 18.7. The lowest BCUT2D eigenvalue weighted by molar-refractivity contribution is -0.384. The number of carbonyl (C=O) groups is 1. The van der Waals surface area contributed by atoms with Gasteiger partial charge in [0.25, 0.3) is 5.69 Å². The average Bonchev–Trinajstić information content (AvgIpc) is 3.10. The van der Waals surface area contributed by atoms with Gasteiger partial charge < -0.3 is 14.3 Å². The van der Waals surface area contributed by atoms with Gasteiger partial charge in [0.1, 0.15) is 0 Å². The van der Waals surface area contributed by atoms with Crippen LogP contribution in [0.3, 0.4) is 0 Å². The molecule has 10 heteroatoms. The first-order chi connectivity index (χ1) is 12.4. The first kappa shape index (κ1) is 17.8. The van der Waals surface area contributed by atoms with E-state index >= 15 is 0 Å². The number of amides is 2. The van der Waals surface area contributed by atoms with E-state index in [2.05, 4.69) is 15.0 Å². The van der Waals surface area contributed by atoms with Crippen molar-refractivity contribution in [2.24, 2.45) is 0 Å². The summed E-state index contributed by atoms with van der Waals surface area (Å²) in [4.78, 5) is 32.1. The van der Waals surface area contributed by atoms with Crippen LogP contribution in [-0.4, -0.2) is 76.1 Å². The van der Waals surface area contributed by atoms with Gasteiger partial charge in [0.05, 0.1) is 11.5 Å². The number of carbonyl (C=O) groups excluding carboxylic acids is 1. The lowest BCUT2D eigenvalue weighted by Crippen LogP contribution is -2.51. The molecule has 1 aromatic heterocycles. The lowest BCUT2D eigenvalue weighted by Gasteiger charge is -2.35. The van der Waals surface area contributed by atoms with Gasteiger partial charge in [-0.05, 0) is 12.1 Å². The quantitative estimate of drug-likeness (QED) is 0.599. The number of nitro groups is 1. The van der Waals surface area contributed by atoms with Crippen LogP contribution >= 0.6 is 0 Å². The molecule has 0 atom stereocenters. The topological polar surface area (TPSA) is 109 Å². The van der Waals surface area contributed by atoms with E-state index in [1.165, 1.54) is 12.1 Å². The molecule has 0 bridgehead atoms. The van der Waals surface area contributed by atoms with Gasteiger partial charge in [-0.2, -0.15) is 4.98 Å². The summed E-state index contributed by atoms with van der Waals surface area (Å²) in [5.74, 6) is 0.877. The van der Waals surface area contributed by atoms with Gasteiger partial charge >= 0.3 is 6.03 Å². The summed E-state index contributed by atoms with van der Waals surface area (Å²) >= 11 is 0. The Bertz CT molecular complexity index is 780. The summed E-state index contributed by atoms with van der Waals surface area (Å²) in [6, 6.07) is 6.03. The number of nitro benzene ring substituents is 1. The van der Waals surface area contributed by atoms with Crippen LogP contribution in [0.5, 0.6) is 0 Å². The standard InChI is InChI=1S/C16H20N6O4/c1-19(2)16(23)21-9-7-20(8-10-21)11-14-17-15(18-26-14)12-3-5-13(6-4-12)22(24)25/h3-6H,7-11H2,1-2H3. The highest BCUT2D eigenvalue weighted by molar-refractivity contribution is 5.73. The van der Waals surface area contributed by atoms with Gasteiger partial charge in [0, 0.05) is 58.0 Å². The fourth-order valence-electron chi connectivity index (χ4n) is 2.74. The number of benzene rings is 1. The van der Waals surface area contributed by atoms with Gasteiger partial charge in [0.15, 0.2) is 0 Å². The van der Waals surface area contributed by atoms with E-state index in [-0.39, 0.29) is 11.7 Å². The second-order valence-corrected chi connectivity index (χ2v) is 6.26. The van der Waals surface area contributed by atoms with E-state index in [1.54, 1.807) is 31.1 Å². The van der Waals surface area contributed by atoms with Crippen LogP contribution in [0.25, 0.3) is 11.4 Å². The minimum atomic E-state index is -0.452. The van der Waals surface area contributed by atoms with E-state index < -0.39 is 4.92 Å². The van der Waals surface area contributed by atoms with Crippen LogP contribution < -0.4 is 0 Å². The summed E-state index contributed by atoms with van der Waals surface area (Å²) in [6.07, 6.45) is 0. The molecule has 2 amide bonds. The molecule has 0 aliphatic carbocycles. The van der Waals surface area contributed by atoms with E-state index in [4.69, 9.17) is 4.52 Å². The van der Waals surface area contributed by atoms with Crippen molar-refractivity contribution < 1.29 is 14.2 Å². The monoisotopic (exact) mass is 360 g/mol. The third-order valence-electron chi connectivity index (χ3n) is 4.19. The molecule has 1 fully saturated rings. The first-order valence-electron chi connectivity index (χ1n) is 8.20. The number of aromatic nitrogens is 2. The average molecular weight is 360 g/mol. The van der Waals surface area contributed by atoms with Crippen LogP contribution in [0.1, 0.15) is 5.89 Å². The summed E-state index contributed by atoms with van der Waals surface area (Å²) < 4.78 is 5.29. The van der Waals surface area contributed by atoms with E-state index in [9.17, 15) is 14.9 Å². The molecule has 1 saturated heterocycles. The van der Waals surface area contributed by atoms with Crippen molar-refractivity contribution >= 4 is 11.7 Å². The van der Waals surface area contributed by atoms with Gasteiger partial charge in [-0.3, -0.25) is 15.0 Å². The molecule has 0 N–H and O–H groups in total. The Balaban J connectivity index is 1.57. The molecular weight excluding hydrogens is 340 g/mol. The van der Waals surface area contributed by atoms with Crippen LogP contribution in [0.15, 0.2) is 28.8 Å². The predicted octanol–water partition coefficient (Wildman–Crippen LogP) is 1.44. The minimum Gasteiger partial charge on any atom is -0.338 e. The molecule has 2 heterocycles. The van der Waals surface area contributed by atoms with Crippen molar-refractivity contribution in [3.63, 3.8) is 0 Å². The normalized spacial score (nSPS) is 15.1. The number of hydrogen-bond acceptors (Lipinski definition) is 7. The molecule has 3 rings (SSSR count). The van der Waals surface area contributed by atoms with Crippen LogP contribution in [0.2, 0.25) is 0 Å². The van der Waals surface area contributed by atoms with Gasteiger partial charge in [0.2, 0.25) is 11.7 Å². The number of non-ortho nitro benzene ring substituents is 1. The molecule has 1 aliphatic heterocycles. The highest BCUT2D eigenvalue weighted by Crippen LogP contribution is 2.20. The number of nitrogens with zero attached hydrogens (tertiary/aromatic N) is 6. The number of hydrogen-bond donors (Lipinski definition) is 0. The van der Waals surface area contributed by atoms with Crippen molar-refractivity contribution in [2.75, 3.05) is 40.3 Å². The van der Waals surface area contributed by atoms with Crippen molar-refractivity contribution in [1.29, 1.82) is 0 Å². The second-order valence-electron chi connectivity index (χ2n) is 6.26. The third-order valence-corrected chi connectivity index (χ3v) is 4.19. The van der Waals surface area contributed by atoms with Crippen molar-refractivity contribution in [3.8, 4) is 11.4 Å². The van der Waals surface area contributed by atoms with E-state index in [1.807, 2.05) is 4.90 Å². The molecule has 138 valence electrons. The van der Waals surface area contributed by atoms with Gasteiger partial charge in [-0.1, -0.05) is 5.16 Å². The molecule has 0 saturated carbocycles. The number of urea groups is 1. The van der Waals surface area contributed by atoms with Crippen molar-refractivity contribution in [2.45, 2.75) is 6.54 Å². The highest BCUT2D eigenvalue weighted by Gasteiger charge is 2.23. The predicted molar refractivity (Wildman–Crippen MR) is 92.3 cm³/mol. The zero-order valence-electron chi connectivity index (χ0n) is 14.7. The first-order valence-corrected chi connectivity index (χ1v) is 8.20. The maximum atomic E-state index is 11.9. The fraction of sp³-hybridized carbons (Fsp3) is 0.438. The molecular formula is C16H20N6O4. The Hall–Kier alpha value is -3.01. The fourth-order valence-corrected chi connectivity index (χ4v) is 2.74. The van der Waals surface area contributed by atoms with Gasteiger partial charge in [-0.15, -0.1) is 0 Å². The Morgan fingerprint density at radius 1 is 1.23 bits per heavy atom. The largest absolute Gasteiger partial charge is 0.338 e.